The number of hydrogen-bond donors (Lipinski definition) is 2. The molecule has 4 heterocycles. The Morgan fingerprint density at radius 1 is 0.610 bits per heavy atom. The lowest BCUT2D eigenvalue weighted by molar-refractivity contribution is -0.0797. The highest BCUT2D eigenvalue weighted by molar-refractivity contribution is 7.42. The van der Waals surface area contributed by atoms with E-state index < -0.39 is 34.4 Å². The van der Waals surface area contributed by atoms with Crippen molar-refractivity contribution in [3.05, 3.63) is 0 Å². The molecule has 0 amide bonds. The van der Waals surface area contributed by atoms with Gasteiger partial charge in [-0.05, 0) is 68.6 Å². The van der Waals surface area contributed by atoms with E-state index in [1.165, 1.54) is 0 Å². The first-order chi connectivity index (χ1) is 19.7. The van der Waals surface area contributed by atoms with Crippen LogP contribution in [0.5, 0.6) is 0 Å². The van der Waals surface area contributed by atoms with Gasteiger partial charge in [0.25, 0.3) is 0 Å². The first-order valence-corrected chi connectivity index (χ1v) is 19.3. The Hall–Kier alpha value is 1.24. The molecule has 236 valence electrons. The van der Waals surface area contributed by atoms with Crippen LogP contribution in [0, 0.1) is 28.1 Å². The summed E-state index contributed by atoms with van der Waals surface area (Å²) < 4.78 is 57.5. The summed E-state index contributed by atoms with van der Waals surface area (Å²) in [6, 6.07) is 0. The van der Waals surface area contributed by atoms with Crippen LogP contribution in [-0.4, -0.2) is 74.8 Å². The molecule has 6 aliphatic rings. The average Bonchev–Trinajstić information content (AvgIpc) is 2.99. The van der Waals surface area contributed by atoms with Crippen molar-refractivity contribution in [1.82, 2.24) is 0 Å². The van der Waals surface area contributed by atoms with E-state index in [2.05, 4.69) is 13.8 Å². The summed E-state index contributed by atoms with van der Waals surface area (Å²) in [6.45, 7) is 8.36. The lowest BCUT2D eigenvalue weighted by Crippen LogP contribution is -2.45. The molecule has 41 heavy (non-hydrogen) atoms. The molecule has 6 rings (SSSR count). The molecule has 0 radical (unpaired) electrons. The molecule has 0 aromatic heterocycles. The van der Waals surface area contributed by atoms with Crippen molar-refractivity contribution in [2.24, 2.45) is 28.1 Å². The summed E-state index contributed by atoms with van der Waals surface area (Å²) in [5.74, 6) is 1.35. The van der Waals surface area contributed by atoms with E-state index in [4.69, 9.17) is 45.2 Å². The van der Waals surface area contributed by atoms with E-state index in [9.17, 15) is 9.79 Å². The fourth-order valence-electron chi connectivity index (χ4n) is 6.78. The molecule has 16 heteroatoms. The highest BCUT2D eigenvalue weighted by Gasteiger charge is 2.49. The minimum absolute atomic E-state index is 0.173. The second kappa shape index (κ2) is 13.9. The third-order valence-corrected chi connectivity index (χ3v) is 13.7. The SMILES string of the molecule is CC(C)(C1CCC(OP2OCC3(COP(O)OC3)CO2)CC1)C1CCC(O[PH+]2OCC3(COP(O)OC3)CO2)CC1. The van der Waals surface area contributed by atoms with E-state index in [1.54, 1.807) is 0 Å². The quantitative estimate of drug-likeness (QED) is 0.326. The van der Waals surface area contributed by atoms with Gasteiger partial charge in [0.05, 0.1) is 56.6 Å². The minimum Gasteiger partial charge on any atom is -0.328 e. The third kappa shape index (κ3) is 7.97. The molecule has 4 saturated heterocycles. The van der Waals surface area contributed by atoms with Crippen molar-refractivity contribution in [3.8, 4) is 0 Å². The first kappa shape index (κ1) is 32.2. The van der Waals surface area contributed by atoms with Crippen LogP contribution >= 0.6 is 34.4 Å². The van der Waals surface area contributed by atoms with Crippen LogP contribution in [0.15, 0.2) is 0 Å². The largest absolute Gasteiger partial charge is 0.398 e. The Bertz CT molecular complexity index is 754. The highest BCUT2D eigenvalue weighted by atomic mass is 31.2. The van der Waals surface area contributed by atoms with E-state index in [-0.39, 0.29) is 28.5 Å². The smallest absolute Gasteiger partial charge is 0.328 e. The summed E-state index contributed by atoms with van der Waals surface area (Å²) in [4.78, 5) is 18.9. The van der Waals surface area contributed by atoms with Crippen molar-refractivity contribution >= 4 is 34.4 Å². The molecule has 6 fully saturated rings. The zero-order valence-corrected chi connectivity index (χ0v) is 27.6. The molecule has 0 bridgehead atoms. The van der Waals surface area contributed by atoms with E-state index in [0.717, 1.165) is 51.4 Å². The Kier molecular flexibility index (Phi) is 10.9. The van der Waals surface area contributed by atoms with Crippen LogP contribution in [0.25, 0.3) is 0 Å². The predicted molar refractivity (Wildman–Crippen MR) is 153 cm³/mol. The zero-order chi connectivity index (χ0) is 28.5. The molecular weight excluding hydrogens is 616 g/mol. The maximum Gasteiger partial charge on any atom is 0.398 e. The van der Waals surface area contributed by atoms with Crippen molar-refractivity contribution in [3.63, 3.8) is 0 Å². The van der Waals surface area contributed by atoms with Gasteiger partial charge in [0.1, 0.15) is 19.3 Å². The molecule has 0 unspecified atom stereocenters. The summed E-state index contributed by atoms with van der Waals surface area (Å²) in [6.07, 6.45) is 9.14. The second-order valence-corrected chi connectivity index (χ2v) is 17.6. The van der Waals surface area contributed by atoms with Gasteiger partial charge in [-0.15, -0.1) is 0 Å². The van der Waals surface area contributed by atoms with Crippen LogP contribution in [0.2, 0.25) is 0 Å². The van der Waals surface area contributed by atoms with Crippen LogP contribution in [0.1, 0.15) is 65.2 Å². The van der Waals surface area contributed by atoms with Crippen LogP contribution < -0.4 is 0 Å². The Morgan fingerprint density at radius 2 is 1.02 bits per heavy atom. The molecule has 2 aliphatic carbocycles. The van der Waals surface area contributed by atoms with Gasteiger partial charge in [-0.2, -0.15) is 13.6 Å². The average molecular weight is 662 g/mol. The minimum atomic E-state index is -1.76. The molecule has 2 N–H and O–H groups in total. The molecule has 2 saturated carbocycles. The van der Waals surface area contributed by atoms with Crippen LogP contribution in [0.4, 0.5) is 0 Å². The van der Waals surface area contributed by atoms with Gasteiger partial charge in [0.2, 0.25) is 0 Å². The maximum absolute atomic E-state index is 9.46. The number of hydrogen-bond acceptors (Lipinski definition) is 12. The monoisotopic (exact) mass is 661 g/mol. The molecule has 12 nitrogen and oxygen atoms in total. The van der Waals surface area contributed by atoms with Gasteiger partial charge in [0.15, 0.2) is 0 Å². The topological polar surface area (TPSA) is 133 Å². The van der Waals surface area contributed by atoms with Gasteiger partial charge in [0, 0.05) is 0 Å². The Morgan fingerprint density at radius 3 is 1.51 bits per heavy atom. The van der Waals surface area contributed by atoms with E-state index in [0.29, 0.717) is 64.7 Å². The molecular formula is C25H45O12P4+. The second-order valence-electron chi connectivity index (χ2n) is 13.2. The number of rotatable bonds is 6. The standard InChI is InChI=1S/C25H45O12P4/c1-23(2,19-3-7-21(8-4-19)36-40-32-15-24(16-33-40)11-28-38(26)29-12-24)20-5-9-22(10-6-20)37-41-34-17-25(18-35-41)13-30-39(27)31-14-25/h19-22,26-27,40H,3-18H2,1-2H3/q+1. The van der Waals surface area contributed by atoms with Gasteiger partial charge in [-0.3, -0.25) is 0 Å². The van der Waals surface area contributed by atoms with Crippen molar-refractivity contribution in [1.29, 1.82) is 0 Å². The van der Waals surface area contributed by atoms with Crippen molar-refractivity contribution in [2.75, 3.05) is 52.9 Å². The third-order valence-electron chi connectivity index (χ3n) is 9.82. The van der Waals surface area contributed by atoms with Gasteiger partial charge in [-0.1, -0.05) is 13.8 Å². The first-order valence-electron chi connectivity index (χ1n) is 14.7. The van der Waals surface area contributed by atoms with Crippen LogP contribution in [0.3, 0.4) is 0 Å². The fourth-order valence-corrected chi connectivity index (χ4v) is 11.5. The highest BCUT2D eigenvalue weighted by Crippen LogP contribution is 2.56. The van der Waals surface area contributed by atoms with Crippen molar-refractivity contribution in [2.45, 2.75) is 77.4 Å². The maximum atomic E-state index is 9.46. The summed E-state index contributed by atoms with van der Waals surface area (Å²) in [5, 5.41) is 0. The summed E-state index contributed by atoms with van der Waals surface area (Å²) in [7, 11) is -6.63. The zero-order valence-electron chi connectivity index (χ0n) is 23.9. The van der Waals surface area contributed by atoms with Crippen molar-refractivity contribution < 1.29 is 55.0 Å². The van der Waals surface area contributed by atoms with Gasteiger partial charge < -0.3 is 41.5 Å². The Balaban J connectivity index is 0.880. The normalized spacial score (nSPS) is 46.5. The predicted octanol–water partition coefficient (Wildman–Crippen LogP) is 5.95. The summed E-state index contributed by atoms with van der Waals surface area (Å²) >= 11 is 0. The van der Waals surface area contributed by atoms with E-state index >= 15 is 0 Å². The molecule has 2 spiro atoms. The molecule has 0 aromatic rings. The molecule has 0 aromatic carbocycles. The molecule has 0 atom stereocenters. The summed E-state index contributed by atoms with van der Waals surface area (Å²) in [5.41, 5.74) is -0.414. The Labute approximate surface area is 247 Å². The van der Waals surface area contributed by atoms with Gasteiger partial charge >= 0.3 is 34.4 Å². The van der Waals surface area contributed by atoms with Gasteiger partial charge in [-0.25, -0.2) is 0 Å². The van der Waals surface area contributed by atoms with E-state index in [1.807, 2.05) is 0 Å². The van der Waals surface area contributed by atoms with Crippen LogP contribution in [-0.2, 0) is 45.2 Å². The molecule has 4 aliphatic heterocycles. The lowest BCUT2D eigenvalue weighted by atomic mass is 9.60. The fraction of sp³-hybridized carbons (Fsp3) is 1.00. The lowest BCUT2D eigenvalue weighted by Gasteiger charge is -2.47.